The predicted octanol–water partition coefficient (Wildman–Crippen LogP) is 3.79. The molecule has 1 N–H and O–H groups in total. The number of sulfonamides is 1. The summed E-state index contributed by atoms with van der Waals surface area (Å²) < 4.78 is 26.4. The molecule has 1 atom stereocenters. The second-order valence-corrected chi connectivity index (χ2v) is 10.6. The Bertz CT molecular complexity index is 1080. The van der Waals surface area contributed by atoms with Gasteiger partial charge in [-0.15, -0.1) is 0 Å². The van der Waals surface area contributed by atoms with Gasteiger partial charge in [-0.25, -0.2) is 8.42 Å². The SMILES string of the molecule is CCCNC(=O)C(CC)N(CCc1ccccc1)C(=O)CN(c1cc(Cl)ccc1C)S(C)(=O)=O. The Hall–Kier alpha value is -2.58. The summed E-state index contributed by atoms with van der Waals surface area (Å²) in [5, 5.41) is 3.24. The van der Waals surface area contributed by atoms with E-state index in [0.29, 0.717) is 35.7 Å². The molecule has 2 amide bonds. The van der Waals surface area contributed by atoms with E-state index < -0.39 is 28.5 Å². The smallest absolute Gasteiger partial charge is 0.244 e. The number of nitrogens with zero attached hydrogens (tertiary/aromatic N) is 2. The van der Waals surface area contributed by atoms with Crippen molar-refractivity contribution in [2.45, 2.75) is 46.1 Å². The van der Waals surface area contributed by atoms with Crippen molar-refractivity contribution in [3.8, 4) is 0 Å². The van der Waals surface area contributed by atoms with Gasteiger partial charge in [0.1, 0.15) is 12.6 Å². The summed E-state index contributed by atoms with van der Waals surface area (Å²) in [7, 11) is -3.79. The molecule has 0 saturated carbocycles. The number of amides is 2. The van der Waals surface area contributed by atoms with Crippen LogP contribution in [0.3, 0.4) is 0 Å². The Labute approximate surface area is 208 Å². The number of hydrogen-bond acceptors (Lipinski definition) is 4. The van der Waals surface area contributed by atoms with E-state index in [2.05, 4.69) is 5.32 Å². The third-order valence-corrected chi connectivity index (χ3v) is 6.90. The van der Waals surface area contributed by atoms with Crippen LogP contribution in [0.5, 0.6) is 0 Å². The first-order valence-corrected chi connectivity index (χ1v) is 13.7. The topological polar surface area (TPSA) is 86.8 Å². The Kier molecular flexibility index (Phi) is 10.4. The zero-order valence-corrected chi connectivity index (χ0v) is 21.8. The van der Waals surface area contributed by atoms with Crippen molar-refractivity contribution in [2.75, 3.05) is 30.2 Å². The zero-order chi connectivity index (χ0) is 25.3. The van der Waals surface area contributed by atoms with Crippen LogP contribution in [0.15, 0.2) is 48.5 Å². The van der Waals surface area contributed by atoms with Crippen LogP contribution in [0.1, 0.15) is 37.8 Å². The second-order valence-electron chi connectivity index (χ2n) is 8.24. The largest absolute Gasteiger partial charge is 0.354 e. The van der Waals surface area contributed by atoms with Gasteiger partial charge in [0.25, 0.3) is 0 Å². The molecule has 9 heteroatoms. The Morgan fingerprint density at radius 3 is 2.35 bits per heavy atom. The van der Waals surface area contributed by atoms with Crippen LogP contribution in [0.4, 0.5) is 5.69 Å². The maximum absolute atomic E-state index is 13.6. The summed E-state index contributed by atoms with van der Waals surface area (Å²) >= 11 is 6.12. The predicted molar refractivity (Wildman–Crippen MR) is 138 cm³/mol. The van der Waals surface area contributed by atoms with E-state index >= 15 is 0 Å². The first-order chi connectivity index (χ1) is 16.1. The second kappa shape index (κ2) is 12.8. The minimum Gasteiger partial charge on any atom is -0.354 e. The van der Waals surface area contributed by atoms with Gasteiger partial charge in [-0.2, -0.15) is 0 Å². The number of anilines is 1. The van der Waals surface area contributed by atoms with Crippen LogP contribution in [-0.2, 0) is 26.0 Å². The van der Waals surface area contributed by atoms with E-state index in [9.17, 15) is 18.0 Å². The molecular formula is C25H34ClN3O4S. The number of nitrogens with one attached hydrogen (secondary N) is 1. The quantitative estimate of drug-likeness (QED) is 0.473. The van der Waals surface area contributed by atoms with E-state index in [1.165, 1.54) is 11.0 Å². The lowest BCUT2D eigenvalue weighted by Crippen LogP contribution is -2.53. The maximum atomic E-state index is 13.6. The van der Waals surface area contributed by atoms with Gasteiger partial charge in [0, 0.05) is 18.1 Å². The van der Waals surface area contributed by atoms with Crippen molar-refractivity contribution in [1.82, 2.24) is 10.2 Å². The molecule has 0 aliphatic heterocycles. The van der Waals surface area contributed by atoms with Crippen molar-refractivity contribution >= 4 is 39.1 Å². The fourth-order valence-electron chi connectivity index (χ4n) is 3.71. The summed E-state index contributed by atoms with van der Waals surface area (Å²) in [4.78, 5) is 28.0. The molecule has 1 unspecified atom stereocenters. The van der Waals surface area contributed by atoms with Crippen LogP contribution in [0.25, 0.3) is 0 Å². The van der Waals surface area contributed by atoms with Crippen molar-refractivity contribution < 1.29 is 18.0 Å². The van der Waals surface area contributed by atoms with E-state index in [0.717, 1.165) is 22.5 Å². The fraction of sp³-hybridized carbons (Fsp3) is 0.440. The third kappa shape index (κ3) is 7.74. The van der Waals surface area contributed by atoms with E-state index in [-0.39, 0.29) is 12.5 Å². The van der Waals surface area contributed by atoms with Gasteiger partial charge in [-0.05, 0) is 49.4 Å². The Morgan fingerprint density at radius 1 is 1.09 bits per heavy atom. The number of halogens is 1. The monoisotopic (exact) mass is 507 g/mol. The standard InChI is InChI=1S/C25H34ClN3O4S/c1-5-15-27-25(31)22(6-2)28(16-14-20-10-8-7-9-11-20)24(30)18-29(34(4,32)33)23-17-21(26)13-12-19(23)3/h7-13,17,22H,5-6,14-16,18H2,1-4H3,(H,27,31). The molecule has 0 aromatic heterocycles. The molecule has 0 bridgehead atoms. The molecule has 0 aliphatic rings. The van der Waals surface area contributed by atoms with Crippen molar-refractivity contribution in [3.63, 3.8) is 0 Å². The summed E-state index contributed by atoms with van der Waals surface area (Å²) in [6.07, 6.45) is 2.78. The van der Waals surface area contributed by atoms with Gasteiger partial charge in [-0.3, -0.25) is 13.9 Å². The molecule has 2 rings (SSSR count). The number of carbonyl (C=O) groups is 2. The first-order valence-electron chi connectivity index (χ1n) is 11.4. The van der Waals surface area contributed by atoms with Gasteiger partial charge < -0.3 is 10.2 Å². The molecule has 0 aliphatic carbocycles. The molecule has 34 heavy (non-hydrogen) atoms. The maximum Gasteiger partial charge on any atom is 0.244 e. The van der Waals surface area contributed by atoms with Crippen LogP contribution < -0.4 is 9.62 Å². The zero-order valence-electron chi connectivity index (χ0n) is 20.3. The van der Waals surface area contributed by atoms with Gasteiger partial charge in [0.15, 0.2) is 0 Å². The average molecular weight is 508 g/mol. The molecule has 0 fully saturated rings. The highest BCUT2D eigenvalue weighted by Crippen LogP contribution is 2.26. The molecule has 0 spiro atoms. The molecular weight excluding hydrogens is 474 g/mol. The number of rotatable bonds is 12. The molecule has 0 radical (unpaired) electrons. The van der Waals surface area contributed by atoms with Crippen molar-refractivity contribution in [2.24, 2.45) is 0 Å². The van der Waals surface area contributed by atoms with Crippen molar-refractivity contribution in [3.05, 3.63) is 64.7 Å². The number of benzene rings is 2. The van der Waals surface area contributed by atoms with Crippen LogP contribution >= 0.6 is 11.6 Å². The molecule has 2 aromatic rings. The van der Waals surface area contributed by atoms with Crippen LogP contribution in [0, 0.1) is 6.92 Å². The highest BCUT2D eigenvalue weighted by Gasteiger charge is 2.31. The third-order valence-electron chi connectivity index (χ3n) is 5.54. The Balaban J connectivity index is 2.38. The molecule has 2 aromatic carbocycles. The van der Waals surface area contributed by atoms with Crippen LogP contribution in [0.2, 0.25) is 5.02 Å². The summed E-state index contributed by atoms with van der Waals surface area (Å²) in [5.74, 6) is -0.685. The van der Waals surface area contributed by atoms with E-state index in [4.69, 9.17) is 11.6 Å². The van der Waals surface area contributed by atoms with E-state index in [1.807, 2.05) is 44.2 Å². The minimum absolute atomic E-state index is 0.240. The van der Waals surface area contributed by atoms with Gasteiger partial charge >= 0.3 is 0 Å². The average Bonchev–Trinajstić information content (AvgIpc) is 2.80. The number of carbonyl (C=O) groups excluding carboxylic acids is 2. The van der Waals surface area contributed by atoms with E-state index in [1.54, 1.807) is 19.1 Å². The highest BCUT2D eigenvalue weighted by molar-refractivity contribution is 7.92. The lowest BCUT2D eigenvalue weighted by atomic mass is 10.1. The van der Waals surface area contributed by atoms with Gasteiger partial charge in [0.2, 0.25) is 21.8 Å². The lowest BCUT2D eigenvalue weighted by molar-refractivity contribution is -0.139. The number of aryl methyl sites for hydroxylation is 1. The fourth-order valence-corrected chi connectivity index (χ4v) is 4.77. The molecule has 0 heterocycles. The molecule has 7 nitrogen and oxygen atoms in total. The highest BCUT2D eigenvalue weighted by atomic mass is 35.5. The molecule has 0 saturated heterocycles. The number of hydrogen-bond donors (Lipinski definition) is 1. The Morgan fingerprint density at radius 2 is 1.76 bits per heavy atom. The van der Waals surface area contributed by atoms with Gasteiger partial charge in [-0.1, -0.05) is 61.8 Å². The first kappa shape index (κ1) is 27.7. The summed E-state index contributed by atoms with van der Waals surface area (Å²) in [6.45, 7) is 5.92. The normalized spacial score (nSPS) is 12.1. The van der Waals surface area contributed by atoms with Crippen molar-refractivity contribution in [1.29, 1.82) is 0 Å². The summed E-state index contributed by atoms with van der Waals surface area (Å²) in [6, 6.07) is 13.9. The minimum atomic E-state index is -3.79. The van der Waals surface area contributed by atoms with Gasteiger partial charge in [0.05, 0.1) is 11.9 Å². The molecule has 186 valence electrons. The van der Waals surface area contributed by atoms with Crippen LogP contribution in [-0.4, -0.2) is 57.1 Å². The summed E-state index contributed by atoms with van der Waals surface area (Å²) in [5.41, 5.74) is 2.04. The lowest BCUT2D eigenvalue weighted by Gasteiger charge is -2.33.